The Bertz CT molecular complexity index is 1040. The number of hydrazone groups is 1. The van der Waals surface area contributed by atoms with E-state index in [-0.39, 0.29) is 29.6 Å². The van der Waals surface area contributed by atoms with Crippen molar-refractivity contribution in [3.8, 4) is 11.5 Å². The van der Waals surface area contributed by atoms with E-state index in [1.165, 1.54) is 17.1 Å². The molecule has 2 N–H and O–H groups in total. The Hall–Kier alpha value is -3.13. The number of piperidine rings is 1. The van der Waals surface area contributed by atoms with Crippen molar-refractivity contribution in [2.45, 2.75) is 24.9 Å². The first kappa shape index (κ1) is 19.8. The standard InChI is InChI=1S/C23H25FN4O3/c1-27(16-5-3-9-25-12-16)23(30)28-22(14-4-2-6-17(29)10-14)19-13-31-20-8-7-15(24)11-18(20)21(19)26-28/h2,4,6-8,10-11,16,19,22,25,29H,3,5,9,12-13H2,1H3/t16-,19?,22?/m1/s1. The minimum absolute atomic E-state index is 0.0786. The number of fused-ring (bicyclic) bond motifs is 3. The van der Waals surface area contributed by atoms with Crippen molar-refractivity contribution in [1.82, 2.24) is 15.2 Å². The molecule has 2 aromatic rings. The number of urea groups is 1. The zero-order valence-corrected chi connectivity index (χ0v) is 17.3. The molecule has 5 rings (SSSR count). The quantitative estimate of drug-likeness (QED) is 0.777. The summed E-state index contributed by atoms with van der Waals surface area (Å²) in [5.41, 5.74) is 1.96. The van der Waals surface area contributed by atoms with Crippen molar-refractivity contribution in [1.29, 1.82) is 0 Å². The molecule has 2 aromatic carbocycles. The number of hydrogen-bond acceptors (Lipinski definition) is 5. The van der Waals surface area contributed by atoms with Gasteiger partial charge in [-0.2, -0.15) is 5.10 Å². The first-order chi connectivity index (χ1) is 15.0. The van der Waals surface area contributed by atoms with Crippen molar-refractivity contribution >= 4 is 11.7 Å². The minimum atomic E-state index is -0.454. The zero-order chi connectivity index (χ0) is 21.5. The largest absolute Gasteiger partial charge is 0.508 e. The molecule has 0 saturated carbocycles. The Morgan fingerprint density at radius 1 is 1.32 bits per heavy atom. The van der Waals surface area contributed by atoms with Crippen molar-refractivity contribution in [2.24, 2.45) is 11.0 Å². The number of halogens is 1. The van der Waals surface area contributed by atoms with Crippen LogP contribution in [0.5, 0.6) is 11.5 Å². The van der Waals surface area contributed by atoms with E-state index in [1.54, 1.807) is 36.2 Å². The van der Waals surface area contributed by atoms with Gasteiger partial charge in [0.2, 0.25) is 0 Å². The van der Waals surface area contributed by atoms with E-state index in [9.17, 15) is 14.3 Å². The third-order valence-corrected chi connectivity index (χ3v) is 6.38. The molecule has 0 radical (unpaired) electrons. The number of benzene rings is 2. The lowest BCUT2D eigenvalue weighted by Crippen LogP contribution is -2.50. The number of nitrogens with one attached hydrogen (secondary N) is 1. The van der Waals surface area contributed by atoms with Crippen LogP contribution < -0.4 is 10.1 Å². The van der Waals surface area contributed by atoms with Gasteiger partial charge >= 0.3 is 6.03 Å². The van der Waals surface area contributed by atoms with Crippen LogP contribution in [0.25, 0.3) is 0 Å². The van der Waals surface area contributed by atoms with E-state index in [0.717, 1.165) is 31.5 Å². The third-order valence-electron chi connectivity index (χ3n) is 6.38. The van der Waals surface area contributed by atoms with Crippen LogP contribution in [-0.4, -0.2) is 59.5 Å². The van der Waals surface area contributed by atoms with Gasteiger partial charge in [0.25, 0.3) is 0 Å². The molecule has 0 bridgehead atoms. The molecule has 0 spiro atoms. The van der Waals surface area contributed by atoms with Gasteiger partial charge in [0, 0.05) is 25.2 Å². The van der Waals surface area contributed by atoms with E-state index in [2.05, 4.69) is 5.32 Å². The molecule has 0 aromatic heterocycles. The predicted octanol–water partition coefficient (Wildman–Crippen LogP) is 3.10. The van der Waals surface area contributed by atoms with Gasteiger partial charge in [-0.05, 0) is 55.3 Å². The lowest BCUT2D eigenvalue weighted by Gasteiger charge is -2.36. The number of carbonyl (C=O) groups excluding carboxylic acids is 1. The molecule has 3 atom stereocenters. The second kappa shape index (κ2) is 7.85. The lowest BCUT2D eigenvalue weighted by molar-refractivity contribution is 0.115. The second-order valence-corrected chi connectivity index (χ2v) is 8.32. The van der Waals surface area contributed by atoms with E-state index in [1.807, 2.05) is 6.07 Å². The van der Waals surface area contributed by atoms with E-state index in [4.69, 9.17) is 9.84 Å². The molecule has 3 aliphatic rings. The number of aromatic hydroxyl groups is 1. The molecule has 2 amide bonds. The molecule has 7 nitrogen and oxygen atoms in total. The highest BCUT2D eigenvalue weighted by molar-refractivity contribution is 6.07. The molecule has 162 valence electrons. The van der Waals surface area contributed by atoms with Gasteiger partial charge in [0.1, 0.15) is 17.3 Å². The first-order valence-electron chi connectivity index (χ1n) is 10.6. The van der Waals surface area contributed by atoms with Crippen molar-refractivity contribution in [3.63, 3.8) is 0 Å². The van der Waals surface area contributed by atoms with Crippen molar-refractivity contribution in [3.05, 3.63) is 59.4 Å². The molecule has 3 aliphatic heterocycles. The van der Waals surface area contributed by atoms with Gasteiger partial charge in [-0.1, -0.05) is 12.1 Å². The number of ether oxygens (including phenoxy) is 1. The zero-order valence-electron chi connectivity index (χ0n) is 17.3. The molecular formula is C23H25FN4O3. The summed E-state index contributed by atoms with van der Waals surface area (Å²) >= 11 is 0. The summed E-state index contributed by atoms with van der Waals surface area (Å²) in [5.74, 6) is 0.0317. The summed E-state index contributed by atoms with van der Waals surface area (Å²) in [6.45, 7) is 2.01. The van der Waals surface area contributed by atoms with Gasteiger partial charge in [-0.3, -0.25) is 0 Å². The number of likely N-dealkylation sites (N-methyl/N-ethyl adjacent to an activating group) is 1. The maximum atomic E-state index is 14.0. The van der Waals surface area contributed by atoms with E-state index in [0.29, 0.717) is 23.6 Å². The Balaban J connectivity index is 1.55. The van der Waals surface area contributed by atoms with Crippen LogP contribution in [0.4, 0.5) is 9.18 Å². The van der Waals surface area contributed by atoms with E-state index < -0.39 is 6.04 Å². The van der Waals surface area contributed by atoms with Crippen LogP contribution in [0, 0.1) is 11.7 Å². The second-order valence-electron chi connectivity index (χ2n) is 8.32. The lowest BCUT2D eigenvalue weighted by atomic mass is 9.86. The van der Waals surface area contributed by atoms with Gasteiger partial charge in [-0.15, -0.1) is 0 Å². The smallest absolute Gasteiger partial charge is 0.341 e. The maximum absolute atomic E-state index is 14.0. The number of phenolic OH excluding ortho intramolecular Hbond substituents is 1. The maximum Gasteiger partial charge on any atom is 0.341 e. The van der Waals surface area contributed by atoms with Crippen LogP contribution in [0.2, 0.25) is 0 Å². The Morgan fingerprint density at radius 2 is 2.19 bits per heavy atom. The fourth-order valence-corrected chi connectivity index (χ4v) is 4.73. The number of rotatable bonds is 2. The Morgan fingerprint density at radius 3 is 2.97 bits per heavy atom. The summed E-state index contributed by atoms with van der Waals surface area (Å²) in [4.78, 5) is 15.3. The van der Waals surface area contributed by atoms with Crippen LogP contribution in [-0.2, 0) is 0 Å². The number of amides is 2. The fraction of sp³-hybridized carbons (Fsp3) is 0.391. The minimum Gasteiger partial charge on any atom is -0.508 e. The highest BCUT2D eigenvalue weighted by Crippen LogP contribution is 2.43. The number of nitrogens with zero attached hydrogens (tertiary/aromatic N) is 3. The molecule has 2 unspecified atom stereocenters. The molecule has 1 saturated heterocycles. The van der Waals surface area contributed by atoms with Crippen LogP contribution in [0.15, 0.2) is 47.6 Å². The van der Waals surface area contributed by atoms with Crippen LogP contribution >= 0.6 is 0 Å². The molecule has 3 heterocycles. The van der Waals surface area contributed by atoms with E-state index >= 15 is 0 Å². The molecule has 31 heavy (non-hydrogen) atoms. The monoisotopic (exact) mass is 424 g/mol. The third kappa shape index (κ3) is 3.50. The number of phenols is 1. The predicted molar refractivity (Wildman–Crippen MR) is 114 cm³/mol. The highest BCUT2D eigenvalue weighted by atomic mass is 19.1. The van der Waals surface area contributed by atoms with Gasteiger partial charge in [0.15, 0.2) is 0 Å². The SMILES string of the molecule is CN(C(=O)N1N=C2c3cc(F)ccc3OCC2C1c1cccc(O)c1)[C@@H]1CCCNC1. The summed E-state index contributed by atoms with van der Waals surface area (Å²) in [6.07, 6.45) is 1.94. The summed E-state index contributed by atoms with van der Waals surface area (Å²) in [5, 5.41) is 19.6. The van der Waals surface area contributed by atoms with Gasteiger partial charge in [0.05, 0.1) is 24.3 Å². The normalized spacial score (nSPS) is 24.6. The number of carbonyl (C=O) groups is 1. The van der Waals surface area contributed by atoms with Crippen LogP contribution in [0.3, 0.4) is 0 Å². The first-order valence-corrected chi connectivity index (χ1v) is 10.6. The average Bonchev–Trinajstić information content (AvgIpc) is 3.19. The van der Waals surface area contributed by atoms with Crippen molar-refractivity contribution in [2.75, 3.05) is 26.7 Å². The molecule has 0 aliphatic carbocycles. The van der Waals surface area contributed by atoms with Gasteiger partial charge in [-0.25, -0.2) is 14.2 Å². The van der Waals surface area contributed by atoms with Gasteiger partial charge < -0.3 is 20.1 Å². The fourth-order valence-electron chi connectivity index (χ4n) is 4.73. The highest BCUT2D eigenvalue weighted by Gasteiger charge is 2.46. The molecule has 8 heteroatoms. The molecular weight excluding hydrogens is 399 g/mol. The molecule has 1 fully saturated rings. The topological polar surface area (TPSA) is 77.4 Å². The summed E-state index contributed by atoms with van der Waals surface area (Å²) in [6, 6.07) is 10.6. The van der Waals surface area contributed by atoms with Crippen molar-refractivity contribution < 1.29 is 19.0 Å². The van der Waals surface area contributed by atoms with Crippen LogP contribution in [0.1, 0.15) is 30.0 Å². The summed E-state index contributed by atoms with van der Waals surface area (Å²) < 4.78 is 19.9. The Labute approximate surface area is 180 Å². The average molecular weight is 424 g/mol. The number of hydrogen-bond donors (Lipinski definition) is 2. The Kier molecular flexibility index (Phi) is 5.02. The summed E-state index contributed by atoms with van der Waals surface area (Å²) in [7, 11) is 1.80.